The fourth-order valence-electron chi connectivity index (χ4n) is 3.56. The van der Waals surface area contributed by atoms with Gasteiger partial charge in [0, 0.05) is 42.3 Å². The Hall–Kier alpha value is -2.87. The number of hydrogen-bond acceptors (Lipinski definition) is 6. The van der Waals surface area contributed by atoms with Crippen LogP contribution < -0.4 is 10.1 Å². The quantitative estimate of drug-likeness (QED) is 0.613. The second-order valence-corrected chi connectivity index (χ2v) is 8.71. The van der Waals surface area contributed by atoms with Crippen molar-refractivity contribution in [1.29, 1.82) is 0 Å². The van der Waals surface area contributed by atoms with Crippen molar-refractivity contribution < 1.29 is 9.53 Å². The largest absolute Gasteiger partial charge is 0.472 e. The summed E-state index contributed by atoms with van der Waals surface area (Å²) in [7, 11) is 0. The molecule has 0 unspecified atom stereocenters. The molecule has 3 aromatic heterocycles. The lowest BCUT2D eigenvalue weighted by atomic mass is 10.2. The third-order valence-corrected chi connectivity index (χ3v) is 5.83. The van der Waals surface area contributed by atoms with Crippen LogP contribution in [0, 0.1) is 6.92 Å². The highest BCUT2D eigenvalue weighted by Crippen LogP contribution is 2.33. The van der Waals surface area contributed by atoms with E-state index in [0.29, 0.717) is 30.8 Å². The first-order chi connectivity index (χ1) is 13.9. The first-order valence-electron chi connectivity index (χ1n) is 9.73. The Morgan fingerprint density at radius 3 is 3.00 bits per heavy atom. The standard InChI is InChI=1S/C21H25N5O2S/c1-5-19(27)25-8-6-15(12-25)28-20-16-7-9-26(13(2)3)17(16)10-18(23-20)24-21-22-11-14(4)29-21/h5,7,9-11,13,15H,1,6,8,12H2,2-4H3,(H,22,23,24)/t15-/m1/s1. The van der Waals surface area contributed by atoms with Gasteiger partial charge in [0.05, 0.1) is 17.4 Å². The number of amides is 1. The molecule has 4 heterocycles. The minimum absolute atomic E-state index is 0.0604. The van der Waals surface area contributed by atoms with Crippen molar-refractivity contribution in [2.75, 3.05) is 18.4 Å². The van der Waals surface area contributed by atoms with Gasteiger partial charge in [0.2, 0.25) is 11.8 Å². The van der Waals surface area contributed by atoms with Crippen molar-refractivity contribution in [3.8, 4) is 5.88 Å². The Morgan fingerprint density at radius 2 is 2.31 bits per heavy atom. The average molecular weight is 412 g/mol. The molecular weight excluding hydrogens is 386 g/mol. The number of aryl methyl sites for hydroxylation is 1. The topological polar surface area (TPSA) is 72.3 Å². The van der Waals surface area contributed by atoms with Crippen LogP contribution in [0.3, 0.4) is 0 Å². The number of nitrogens with zero attached hydrogens (tertiary/aromatic N) is 4. The third kappa shape index (κ3) is 3.98. The molecule has 0 aliphatic carbocycles. The van der Waals surface area contributed by atoms with Gasteiger partial charge in [-0.2, -0.15) is 4.98 Å². The predicted octanol–water partition coefficient (Wildman–Crippen LogP) is 4.29. The zero-order valence-electron chi connectivity index (χ0n) is 16.9. The number of ether oxygens (including phenoxy) is 1. The normalized spacial score (nSPS) is 16.6. The van der Waals surface area contributed by atoms with E-state index in [1.54, 1.807) is 16.2 Å². The van der Waals surface area contributed by atoms with Crippen LogP contribution in [0.25, 0.3) is 10.9 Å². The molecule has 1 N–H and O–H groups in total. The van der Waals surface area contributed by atoms with Gasteiger partial charge in [-0.15, -0.1) is 11.3 Å². The zero-order chi connectivity index (χ0) is 20.5. The van der Waals surface area contributed by atoms with E-state index in [2.05, 4.69) is 41.5 Å². The van der Waals surface area contributed by atoms with E-state index in [9.17, 15) is 4.79 Å². The molecule has 1 fully saturated rings. The Labute approximate surface area is 174 Å². The van der Waals surface area contributed by atoms with E-state index >= 15 is 0 Å². The Bertz CT molecular complexity index is 1050. The van der Waals surface area contributed by atoms with Crippen molar-refractivity contribution >= 4 is 39.1 Å². The van der Waals surface area contributed by atoms with Gasteiger partial charge in [-0.3, -0.25) is 4.79 Å². The van der Waals surface area contributed by atoms with Gasteiger partial charge in [0.25, 0.3) is 0 Å². The van der Waals surface area contributed by atoms with Crippen LogP contribution in [0.5, 0.6) is 5.88 Å². The molecule has 1 atom stereocenters. The number of hydrogen-bond donors (Lipinski definition) is 1. The molecule has 0 radical (unpaired) electrons. The molecule has 0 saturated carbocycles. The summed E-state index contributed by atoms with van der Waals surface area (Å²) in [6.07, 6.45) is 5.93. The zero-order valence-corrected chi connectivity index (χ0v) is 17.7. The number of carbonyl (C=O) groups is 1. The first kappa shape index (κ1) is 19.4. The summed E-state index contributed by atoms with van der Waals surface area (Å²) in [4.78, 5) is 23.9. The average Bonchev–Trinajstić information content (AvgIpc) is 3.41. The second-order valence-electron chi connectivity index (χ2n) is 7.48. The lowest BCUT2D eigenvalue weighted by Crippen LogP contribution is -2.29. The fraction of sp³-hybridized carbons (Fsp3) is 0.381. The van der Waals surface area contributed by atoms with E-state index in [1.165, 1.54) is 6.08 Å². The number of fused-ring (bicyclic) bond motifs is 1. The van der Waals surface area contributed by atoms with Crippen molar-refractivity contribution in [3.63, 3.8) is 0 Å². The van der Waals surface area contributed by atoms with Crippen LogP contribution in [0.1, 0.15) is 31.2 Å². The highest BCUT2D eigenvalue weighted by Gasteiger charge is 2.27. The summed E-state index contributed by atoms with van der Waals surface area (Å²) in [6, 6.07) is 4.38. The van der Waals surface area contributed by atoms with Crippen LogP contribution >= 0.6 is 11.3 Å². The van der Waals surface area contributed by atoms with E-state index < -0.39 is 0 Å². The second kappa shape index (κ2) is 7.87. The molecule has 4 rings (SSSR count). The van der Waals surface area contributed by atoms with Crippen LogP contribution in [0.15, 0.2) is 37.2 Å². The minimum Gasteiger partial charge on any atom is -0.472 e. The maximum Gasteiger partial charge on any atom is 0.246 e. The summed E-state index contributed by atoms with van der Waals surface area (Å²) in [5, 5.41) is 5.06. The maximum absolute atomic E-state index is 11.9. The maximum atomic E-state index is 11.9. The van der Waals surface area contributed by atoms with Gasteiger partial charge in [0.1, 0.15) is 11.9 Å². The van der Waals surface area contributed by atoms with Crippen LogP contribution in [0.4, 0.5) is 10.9 Å². The van der Waals surface area contributed by atoms with E-state index in [1.807, 2.05) is 25.3 Å². The molecule has 0 aromatic carbocycles. The van der Waals surface area contributed by atoms with Crippen molar-refractivity contribution in [3.05, 3.63) is 42.1 Å². The third-order valence-electron chi connectivity index (χ3n) is 5.00. The summed E-state index contributed by atoms with van der Waals surface area (Å²) < 4.78 is 8.48. The molecule has 0 bridgehead atoms. The number of carbonyl (C=O) groups excluding carboxylic acids is 1. The molecule has 3 aromatic rings. The Balaban J connectivity index is 1.66. The van der Waals surface area contributed by atoms with Crippen molar-refractivity contribution in [2.24, 2.45) is 0 Å². The van der Waals surface area contributed by atoms with Gasteiger partial charge in [0.15, 0.2) is 5.13 Å². The number of pyridine rings is 1. The van der Waals surface area contributed by atoms with Gasteiger partial charge in [-0.25, -0.2) is 4.98 Å². The monoisotopic (exact) mass is 411 g/mol. The summed E-state index contributed by atoms with van der Waals surface area (Å²) >= 11 is 1.58. The molecule has 1 aliphatic rings. The van der Waals surface area contributed by atoms with Crippen molar-refractivity contribution in [1.82, 2.24) is 19.4 Å². The number of aromatic nitrogens is 3. The summed E-state index contributed by atoms with van der Waals surface area (Å²) in [5.41, 5.74) is 1.05. The fourth-order valence-corrected chi connectivity index (χ4v) is 4.23. The van der Waals surface area contributed by atoms with Gasteiger partial charge in [-0.05, 0) is 32.9 Å². The summed E-state index contributed by atoms with van der Waals surface area (Å²) in [6.45, 7) is 11.1. The van der Waals surface area contributed by atoms with E-state index in [-0.39, 0.29) is 12.0 Å². The number of anilines is 2. The summed E-state index contributed by atoms with van der Waals surface area (Å²) in [5.74, 6) is 1.21. The van der Waals surface area contributed by atoms with Crippen LogP contribution in [-0.4, -0.2) is 44.5 Å². The number of likely N-dealkylation sites (tertiary alicyclic amines) is 1. The molecule has 1 amide bonds. The molecule has 8 heteroatoms. The molecule has 29 heavy (non-hydrogen) atoms. The lowest BCUT2D eigenvalue weighted by molar-refractivity contribution is -0.125. The molecule has 1 saturated heterocycles. The predicted molar refractivity (Wildman–Crippen MR) is 116 cm³/mol. The number of nitrogens with one attached hydrogen (secondary N) is 1. The highest BCUT2D eigenvalue weighted by molar-refractivity contribution is 7.15. The number of rotatable bonds is 6. The van der Waals surface area contributed by atoms with E-state index in [4.69, 9.17) is 9.72 Å². The Kier molecular flexibility index (Phi) is 5.27. The van der Waals surface area contributed by atoms with Gasteiger partial charge >= 0.3 is 0 Å². The SMILES string of the molecule is C=CC(=O)N1CC[C@@H](Oc2nc(Nc3ncc(C)s3)cc3c2ccn3C(C)C)C1. The smallest absolute Gasteiger partial charge is 0.246 e. The van der Waals surface area contributed by atoms with Crippen molar-refractivity contribution in [2.45, 2.75) is 39.3 Å². The lowest BCUT2D eigenvalue weighted by Gasteiger charge is -2.17. The molecule has 152 valence electrons. The molecular formula is C21H25N5O2S. The molecule has 0 spiro atoms. The highest BCUT2D eigenvalue weighted by atomic mass is 32.1. The van der Waals surface area contributed by atoms with E-state index in [0.717, 1.165) is 27.3 Å². The van der Waals surface area contributed by atoms with Crippen LogP contribution in [-0.2, 0) is 4.79 Å². The molecule has 1 aliphatic heterocycles. The first-order valence-corrected chi connectivity index (χ1v) is 10.5. The van der Waals surface area contributed by atoms with Gasteiger partial charge in [-0.1, -0.05) is 6.58 Å². The molecule has 7 nitrogen and oxygen atoms in total. The number of thiazole rings is 1. The van der Waals surface area contributed by atoms with Crippen LogP contribution in [0.2, 0.25) is 0 Å². The van der Waals surface area contributed by atoms with Gasteiger partial charge < -0.3 is 19.5 Å². The Morgan fingerprint density at radius 1 is 1.48 bits per heavy atom. The minimum atomic E-state index is -0.0886.